The van der Waals surface area contributed by atoms with Crippen molar-refractivity contribution >= 4 is 5.84 Å². The lowest BCUT2D eigenvalue weighted by Crippen LogP contribution is -2.24. The Balaban J connectivity index is 1.72. The summed E-state index contributed by atoms with van der Waals surface area (Å²) in [5.74, 6) is 0.414. The Morgan fingerprint density at radius 3 is 2.86 bits per heavy atom. The van der Waals surface area contributed by atoms with Gasteiger partial charge < -0.3 is 16.0 Å². The highest BCUT2D eigenvalue weighted by atomic mass is 19.1. The Kier molecular flexibility index (Phi) is 3.82. The van der Waals surface area contributed by atoms with Gasteiger partial charge in [-0.15, -0.1) is 0 Å². The number of amidine groups is 1. The van der Waals surface area contributed by atoms with E-state index in [2.05, 4.69) is 10.1 Å². The van der Waals surface area contributed by atoms with Crippen LogP contribution in [0.3, 0.4) is 0 Å². The van der Waals surface area contributed by atoms with Crippen LogP contribution in [-0.2, 0) is 6.54 Å². The normalized spacial score (nSPS) is 29.8. The molecule has 2 aliphatic rings. The number of hydrogen-bond donors (Lipinski definition) is 3. The molecule has 1 aromatic carbocycles. The number of hydrogen-bond acceptors (Lipinski definition) is 4. The SMILES string of the molecule is N/C(=N/O)c1cc(F)cc(CN2CC3CCC(O)C3C2)c1. The second-order valence-corrected chi connectivity index (χ2v) is 6.10. The van der Waals surface area contributed by atoms with Crippen molar-refractivity contribution in [3.63, 3.8) is 0 Å². The number of nitrogens with two attached hydrogens (primary N) is 1. The van der Waals surface area contributed by atoms with Gasteiger partial charge in [-0.3, -0.25) is 4.90 Å². The van der Waals surface area contributed by atoms with Crippen LogP contribution in [0.4, 0.5) is 4.39 Å². The molecule has 2 fully saturated rings. The third kappa shape index (κ3) is 2.87. The molecule has 114 valence electrons. The zero-order chi connectivity index (χ0) is 15.0. The lowest BCUT2D eigenvalue weighted by atomic mass is 10.00. The van der Waals surface area contributed by atoms with Gasteiger partial charge in [-0.1, -0.05) is 5.16 Å². The maximum absolute atomic E-state index is 13.6. The van der Waals surface area contributed by atoms with Gasteiger partial charge in [0.2, 0.25) is 0 Å². The summed E-state index contributed by atoms with van der Waals surface area (Å²) >= 11 is 0. The first-order chi connectivity index (χ1) is 10.1. The van der Waals surface area contributed by atoms with Crippen molar-refractivity contribution in [2.24, 2.45) is 22.7 Å². The number of fused-ring (bicyclic) bond motifs is 1. The summed E-state index contributed by atoms with van der Waals surface area (Å²) in [4.78, 5) is 2.24. The van der Waals surface area contributed by atoms with Crippen LogP contribution in [0, 0.1) is 17.7 Å². The lowest BCUT2D eigenvalue weighted by Gasteiger charge is -2.18. The van der Waals surface area contributed by atoms with E-state index in [0.29, 0.717) is 23.9 Å². The van der Waals surface area contributed by atoms with E-state index in [1.54, 1.807) is 6.07 Å². The fourth-order valence-corrected chi connectivity index (χ4v) is 3.66. The molecule has 21 heavy (non-hydrogen) atoms. The average Bonchev–Trinajstić information content (AvgIpc) is 2.99. The molecule has 0 aromatic heterocycles. The van der Waals surface area contributed by atoms with Gasteiger partial charge in [0.15, 0.2) is 5.84 Å². The molecule has 1 aliphatic heterocycles. The highest BCUT2D eigenvalue weighted by Gasteiger charge is 2.41. The molecule has 3 atom stereocenters. The molecule has 0 radical (unpaired) electrons. The first-order valence-electron chi connectivity index (χ1n) is 7.24. The van der Waals surface area contributed by atoms with Crippen LogP contribution in [-0.4, -0.2) is 40.2 Å². The number of halogens is 1. The highest BCUT2D eigenvalue weighted by Crippen LogP contribution is 2.38. The summed E-state index contributed by atoms with van der Waals surface area (Å²) in [6.45, 7) is 2.40. The van der Waals surface area contributed by atoms with Crippen LogP contribution >= 0.6 is 0 Å². The van der Waals surface area contributed by atoms with Gasteiger partial charge in [0.05, 0.1) is 6.10 Å². The zero-order valence-electron chi connectivity index (χ0n) is 11.7. The largest absolute Gasteiger partial charge is 0.409 e. The fraction of sp³-hybridized carbons (Fsp3) is 0.533. The summed E-state index contributed by atoms with van der Waals surface area (Å²) in [5.41, 5.74) is 6.70. The van der Waals surface area contributed by atoms with Crippen LogP contribution in [0.15, 0.2) is 23.4 Å². The minimum Gasteiger partial charge on any atom is -0.409 e. The summed E-state index contributed by atoms with van der Waals surface area (Å²) in [7, 11) is 0. The maximum atomic E-state index is 13.6. The Morgan fingerprint density at radius 2 is 2.14 bits per heavy atom. The first kappa shape index (κ1) is 14.3. The minimum atomic E-state index is -0.395. The monoisotopic (exact) mass is 293 g/mol. The molecule has 5 nitrogen and oxygen atoms in total. The number of rotatable bonds is 3. The van der Waals surface area contributed by atoms with Gasteiger partial charge in [0.1, 0.15) is 5.82 Å². The summed E-state index contributed by atoms with van der Waals surface area (Å²) in [5, 5.41) is 21.5. The lowest BCUT2D eigenvalue weighted by molar-refractivity contribution is 0.123. The molecule has 1 aromatic rings. The van der Waals surface area contributed by atoms with E-state index in [1.807, 2.05) is 0 Å². The molecular formula is C15H20FN3O2. The molecule has 1 saturated carbocycles. The molecule has 1 saturated heterocycles. The van der Waals surface area contributed by atoms with E-state index in [1.165, 1.54) is 12.1 Å². The van der Waals surface area contributed by atoms with Gasteiger partial charge in [-0.05, 0) is 42.5 Å². The summed E-state index contributed by atoms with van der Waals surface area (Å²) < 4.78 is 13.6. The van der Waals surface area contributed by atoms with Gasteiger partial charge in [0.25, 0.3) is 0 Å². The van der Waals surface area contributed by atoms with Crippen LogP contribution in [0.1, 0.15) is 24.0 Å². The quantitative estimate of drug-likeness (QED) is 0.338. The second-order valence-electron chi connectivity index (χ2n) is 6.10. The van der Waals surface area contributed by atoms with E-state index in [4.69, 9.17) is 10.9 Å². The van der Waals surface area contributed by atoms with Crippen LogP contribution in [0.5, 0.6) is 0 Å². The Hall–Kier alpha value is -1.66. The number of oxime groups is 1. The predicted molar refractivity (Wildman–Crippen MR) is 76.4 cm³/mol. The van der Waals surface area contributed by atoms with Crippen molar-refractivity contribution in [1.29, 1.82) is 0 Å². The van der Waals surface area contributed by atoms with E-state index >= 15 is 0 Å². The average molecular weight is 293 g/mol. The highest BCUT2D eigenvalue weighted by molar-refractivity contribution is 5.97. The van der Waals surface area contributed by atoms with Gasteiger partial charge in [-0.2, -0.15) is 0 Å². The standard InChI is InChI=1S/C15H20FN3O2/c16-12-4-9(3-11(5-12)15(17)18-21)6-19-7-10-1-2-14(20)13(10)8-19/h3-5,10,13-14,20-21H,1-2,6-8H2,(H2,17,18). The number of aliphatic hydroxyl groups is 1. The van der Waals surface area contributed by atoms with Crippen molar-refractivity contribution in [3.8, 4) is 0 Å². The number of nitrogens with zero attached hydrogens (tertiary/aromatic N) is 2. The smallest absolute Gasteiger partial charge is 0.170 e. The van der Waals surface area contributed by atoms with Crippen molar-refractivity contribution in [1.82, 2.24) is 4.90 Å². The molecule has 3 rings (SSSR count). The fourth-order valence-electron chi connectivity index (χ4n) is 3.66. The summed E-state index contributed by atoms with van der Waals surface area (Å²) in [6, 6.07) is 4.46. The van der Waals surface area contributed by atoms with E-state index < -0.39 is 5.82 Å². The maximum Gasteiger partial charge on any atom is 0.170 e. The number of aliphatic hydroxyl groups excluding tert-OH is 1. The second kappa shape index (κ2) is 5.61. The van der Waals surface area contributed by atoms with Crippen molar-refractivity contribution < 1.29 is 14.7 Å². The van der Waals surface area contributed by atoms with Gasteiger partial charge in [0, 0.05) is 31.1 Å². The molecule has 6 heteroatoms. The number of benzene rings is 1. The summed E-state index contributed by atoms with van der Waals surface area (Å²) in [6.07, 6.45) is 1.78. The predicted octanol–water partition coefficient (Wildman–Crippen LogP) is 1.12. The minimum absolute atomic E-state index is 0.0931. The molecule has 1 heterocycles. The van der Waals surface area contributed by atoms with Crippen LogP contribution in [0.25, 0.3) is 0 Å². The van der Waals surface area contributed by atoms with Crippen LogP contribution < -0.4 is 5.73 Å². The van der Waals surface area contributed by atoms with Crippen LogP contribution in [0.2, 0.25) is 0 Å². The van der Waals surface area contributed by atoms with E-state index in [-0.39, 0.29) is 11.9 Å². The molecule has 0 amide bonds. The first-order valence-corrected chi connectivity index (χ1v) is 7.24. The zero-order valence-corrected chi connectivity index (χ0v) is 11.7. The van der Waals surface area contributed by atoms with Crippen molar-refractivity contribution in [3.05, 3.63) is 35.1 Å². The Morgan fingerprint density at radius 1 is 1.33 bits per heavy atom. The number of likely N-dealkylation sites (tertiary alicyclic amines) is 1. The molecule has 4 N–H and O–H groups in total. The molecule has 0 spiro atoms. The molecule has 0 bridgehead atoms. The Labute approximate surface area is 122 Å². The van der Waals surface area contributed by atoms with Gasteiger partial charge in [-0.25, -0.2) is 4.39 Å². The third-order valence-corrected chi connectivity index (χ3v) is 4.66. The van der Waals surface area contributed by atoms with E-state index in [9.17, 15) is 9.50 Å². The van der Waals surface area contributed by atoms with Crippen molar-refractivity contribution in [2.75, 3.05) is 13.1 Å². The Bertz CT molecular complexity index is 564. The molecule has 3 unspecified atom stereocenters. The van der Waals surface area contributed by atoms with Crippen molar-refractivity contribution in [2.45, 2.75) is 25.5 Å². The third-order valence-electron chi connectivity index (χ3n) is 4.66. The molecule has 1 aliphatic carbocycles. The molecular weight excluding hydrogens is 273 g/mol. The topological polar surface area (TPSA) is 82.1 Å². The van der Waals surface area contributed by atoms with Gasteiger partial charge >= 0.3 is 0 Å². The van der Waals surface area contributed by atoms with E-state index in [0.717, 1.165) is 31.5 Å².